The van der Waals surface area contributed by atoms with E-state index in [0.29, 0.717) is 28.2 Å². The summed E-state index contributed by atoms with van der Waals surface area (Å²) < 4.78 is 19.8. The van der Waals surface area contributed by atoms with Crippen LogP contribution in [0.1, 0.15) is 17.2 Å². The molecule has 0 radical (unpaired) electrons. The fourth-order valence-corrected chi connectivity index (χ4v) is 2.85. The SMILES string of the molecule is OC(c1cncnc1)c1ccc(F)cc1-c1ccc(-c2ccccc2)o1. The van der Waals surface area contributed by atoms with Gasteiger partial charge in [-0.3, -0.25) is 0 Å². The van der Waals surface area contributed by atoms with Crippen LogP contribution in [-0.2, 0) is 0 Å². The molecule has 2 aromatic heterocycles. The predicted molar refractivity (Wildman–Crippen MR) is 95.6 cm³/mol. The zero-order valence-corrected chi connectivity index (χ0v) is 13.7. The Morgan fingerprint density at radius 3 is 2.38 bits per heavy atom. The van der Waals surface area contributed by atoms with Gasteiger partial charge in [0.25, 0.3) is 0 Å². The van der Waals surface area contributed by atoms with E-state index < -0.39 is 11.9 Å². The maximum Gasteiger partial charge on any atom is 0.135 e. The minimum atomic E-state index is -0.989. The Morgan fingerprint density at radius 2 is 1.62 bits per heavy atom. The van der Waals surface area contributed by atoms with E-state index in [1.807, 2.05) is 36.4 Å². The van der Waals surface area contributed by atoms with Gasteiger partial charge in [-0.2, -0.15) is 0 Å². The van der Waals surface area contributed by atoms with E-state index >= 15 is 0 Å². The number of benzene rings is 2. The van der Waals surface area contributed by atoms with Crippen molar-refractivity contribution in [2.45, 2.75) is 6.10 Å². The monoisotopic (exact) mass is 346 g/mol. The lowest BCUT2D eigenvalue weighted by atomic mass is 9.97. The van der Waals surface area contributed by atoms with Crippen LogP contribution in [0.15, 0.2) is 83.8 Å². The number of aliphatic hydroxyl groups is 1. The summed E-state index contributed by atoms with van der Waals surface area (Å²) in [5.41, 5.74) is 2.46. The van der Waals surface area contributed by atoms with E-state index in [2.05, 4.69) is 9.97 Å². The summed E-state index contributed by atoms with van der Waals surface area (Å²) in [4.78, 5) is 7.85. The van der Waals surface area contributed by atoms with Crippen LogP contribution in [0, 0.1) is 5.82 Å². The second-order valence-corrected chi connectivity index (χ2v) is 5.84. The Kier molecular flexibility index (Phi) is 4.29. The molecule has 0 saturated carbocycles. The Labute approximate surface area is 149 Å². The number of hydrogen-bond acceptors (Lipinski definition) is 4. The second-order valence-electron chi connectivity index (χ2n) is 5.84. The van der Waals surface area contributed by atoms with Gasteiger partial charge < -0.3 is 9.52 Å². The van der Waals surface area contributed by atoms with E-state index in [1.54, 1.807) is 12.1 Å². The molecule has 4 nitrogen and oxygen atoms in total. The van der Waals surface area contributed by atoms with Gasteiger partial charge >= 0.3 is 0 Å². The van der Waals surface area contributed by atoms with Crippen molar-refractivity contribution in [2.24, 2.45) is 0 Å². The quantitative estimate of drug-likeness (QED) is 0.585. The largest absolute Gasteiger partial charge is 0.456 e. The summed E-state index contributed by atoms with van der Waals surface area (Å²) >= 11 is 0. The summed E-state index contributed by atoms with van der Waals surface area (Å²) in [5, 5.41) is 10.7. The van der Waals surface area contributed by atoms with Gasteiger partial charge in [-0.1, -0.05) is 36.4 Å². The van der Waals surface area contributed by atoms with Gasteiger partial charge in [0.15, 0.2) is 0 Å². The molecule has 0 saturated heterocycles. The molecule has 0 bridgehead atoms. The molecule has 4 aromatic rings. The van der Waals surface area contributed by atoms with Crippen LogP contribution in [0.5, 0.6) is 0 Å². The molecule has 1 N–H and O–H groups in total. The fraction of sp³-hybridized carbons (Fsp3) is 0.0476. The third-order valence-electron chi connectivity index (χ3n) is 4.14. The topological polar surface area (TPSA) is 59.2 Å². The van der Waals surface area contributed by atoms with Crippen molar-refractivity contribution in [3.63, 3.8) is 0 Å². The highest BCUT2D eigenvalue weighted by Gasteiger charge is 2.19. The maximum atomic E-state index is 13.9. The molecule has 128 valence electrons. The molecule has 1 atom stereocenters. The molecule has 1 unspecified atom stereocenters. The van der Waals surface area contributed by atoms with Crippen LogP contribution in [0.4, 0.5) is 4.39 Å². The van der Waals surface area contributed by atoms with Crippen molar-refractivity contribution in [3.05, 3.63) is 96.3 Å². The Bertz CT molecular complexity index is 1020. The van der Waals surface area contributed by atoms with Crippen LogP contribution in [0.2, 0.25) is 0 Å². The van der Waals surface area contributed by atoms with Crippen molar-refractivity contribution in [3.8, 4) is 22.6 Å². The smallest absolute Gasteiger partial charge is 0.135 e. The summed E-state index contributed by atoms with van der Waals surface area (Å²) in [7, 11) is 0. The van der Waals surface area contributed by atoms with Gasteiger partial charge in [0, 0.05) is 29.1 Å². The molecule has 4 rings (SSSR count). The molecule has 0 aliphatic carbocycles. The average molecular weight is 346 g/mol. The van der Waals surface area contributed by atoms with E-state index in [-0.39, 0.29) is 0 Å². The molecular weight excluding hydrogens is 331 g/mol. The standard InChI is InChI=1S/C21H15FN2O2/c22-16-6-7-17(21(25)15-11-23-13-24-12-15)18(10-16)20-9-8-19(26-20)14-4-2-1-3-5-14/h1-13,21,25H. The number of halogens is 1. The summed E-state index contributed by atoms with van der Waals surface area (Å²) in [6.07, 6.45) is 3.46. The lowest BCUT2D eigenvalue weighted by Gasteiger charge is -2.14. The van der Waals surface area contributed by atoms with Crippen LogP contribution < -0.4 is 0 Å². The molecule has 0 amide bonds. The summed E-state index contributed by atoms with van der Waals surface area (Å²) in [5.74, 6) is 0.750. The fourth-order valence-electron chi connectivity index (χ4n) is 2.85. The third-order valence-corrected chi connectivity index (χ3v) is 4.14. The van der Waals surface area contributed by atoms with Crippen molar-refractivity contribution in [1.82, 2.24) is 9.97 Å². The average Bonchev–Trinajstić information content (AvgIpc) is 3.19. The van der Waals surface area contributed by atoms with E-state index in [4.69, 9.17) is 4.42 Å². The van der Waals surface area contributed by atoms with Crippen LogP contribution in [0.25, 0.3) is 22.6 Å². The van der Waals surface area contributed by atoms with Gasteiger partial charge in [-0.15, -0.1) is 0 Å². The molecule has 5 heteroatoms. The number of aromatic nitrogens is 2. The maximum absolute atomic E-state index is 13.9. The Hall–Kier alpha value is -3.31. The predicted octanol–water partition coefficient (Wildman–Crippen LogP) is 4.62. The molecular formula is C21H15FN2O2. The Balaban J connectivity index is 1.77. The first-order chi connectivity index (χ1) is 12.7. The first kappa shape index (κ1) is 16.2. The number of hydrogen-bond donors (Lipinski definition) is 1. The molecule has 0 aliphatic rings. The normalized spacial score (nSPS) is 12.1. The van der Waals surface area contributed by atoms with Crippen molar-refractivity contribution in [2.75, 3.05) is 0 Å². The lowest BCUT2D eigenvalue weighted by molar-refractivity contribution is 0.219. The molecule has 26 heavy (non-hydrogen) atoms. The van der Waals surface area contributed by atoms with E-state index in [0.717, 1.165) is 5.56 Å². The van der Waals surface area contributed by atoms with E-state index in [1.165, 1.54) is 30.9 Å². The van der Waals surface area contributed by atoms with Gasteiger partial charge in [0.1, 0.15) is 29.8 Å². The van der Waals surface area contributed by atoms with Crippen LogP contribution in [-0.4, -0.2) is 15.1 Å². The van der Waals surface area contributed by atoms with Crippen LogP contribution in [0.3, 0.4) is 0 Å². The van der Waals surface area contributed by atoms with E-state index in [9.17, 15) is 9.50 Å². The highest BCUT2D eigenvalue weighted by Crippen LogP contribution is 2.35. The summed E-state index contributed by atoms with van der Waals surface area (Å²) in [6.45, 7) is 0. The van der Waals surface area contributed by atoms with Gasteiger partial charge in [0.2, 0.25) is 0 Å². The second kappa shape index (κ2) is 6.90. The van der Waals surface area contributed by atoms with Crippen molar-refractivity contribution < 1.29 is 13.9 Å². The highest BCUT2D eigenvalue weighted by molar-refractivity contribution is 5.68. The summed E-state index contributed by atoms with van der Waals surface area (Å²) in [6, 6.07) is 17.5. The van der Waals surface area contributed by atoms with Crippen LogP contribution >= 0.6 is 0 Å². The zero-order valence-electron chi connectivity index (χ0n) is 13.7. The minimum Gasteiger partial charge on any atom is -0.456 e. The Morgan fingerprint density at radius 1 is 0.885 bits per heavy atom. The number of aliphatic hydroxyl groups excluding tert-OH is 1. The van der Waals surface area contributed by atoms with Gasteiger partial charge in [0.05, 0.1) is 0 Å². The minimum absolute atomic E-state index is 0.405. The lowest BCUT2D eigenvalue weighted by Crippen LogP contribution is -2.03. The molecule has 0 spiro atoms. The zero-order chi connectivity index (χ0) is 17.9. The number of nitrogens with zero attached hydrogens (tertiary/aromatic N) is 2. The highest BCUT2D eigenvalue weighted by atomic mass is 19.1. The molecule has 0 fully saturated rings. The molecule has 2 heterocycles. The van der Waals surface area contributed by atoms with Crippen molar-refractivity contribution in [1.29, 1.82) is 0 Å². The van der Waals surface area contributed by atoms with Gasteiger partial charge in [-0.25, -0.2) is 14.4 Å². The first-order valence-electron chi connectivity index (χ1n) is 8.10. The first-order valence-corrected chi connectivity index (χ1v) is 8.10. The molecule has 0 aliphatic heterocycles. The number of rotatable bonds is 4. The number of furan rings is 1. The van der Waals surface area contributed by atoms with Crippen molar-refractivity contribution >= 4 is 0 Å². The third kappa shape index (κ3) is 3.12. The molecule has 2 aromatic carbocycles. The van der Waals surface area contributed by atoms with Gasteiger partial charge in [-0.05, 0) is 29.8 Å².